The Balaban J connectivity index is 2.36. The standard InChI is InChI=1S/C8H17NO3S/c1-12-2-3-13(10,11)8-4-7(5-8)6-9/h7-8H,2-6,9H2,1H3. The Hall–Kier alpha value is -0.130. The Morgan fingerprint density at radius 3 is 2.54 bits per heavy atom. The molecule has 0 aliphatic heterocycles. The lowest BCUT2D eigenvalue weighted by atomic mass is 9.85. The summed E-state index contributed by atoms with van der Waals surface area (Å²) in [6.45, 7) is 0.905. The predicted molar refractivity (Wildman–Crippen MR) is 51.2 cm³/mol. The second-order valence-electron chi connectivity index (χ2n) is 3.55. The van der Waals surface area contributed by atoms with E-state index in [4.69, 9.17) is 10.5 Å². The zero-order chi connectivity index (χ0) is 9.90. The van der Waals surface area contributed by atoms with Crippen molar-refractivity contribution in [2.45, 2.75) is 18.1 Å². The lowest BCUT2D eigenvalue weighted by molar-refractivity contribution is 0.216. The van der Waals surface area contributed by atoms with Crippen molar-refractivity contribution in [2.75, 3.05) is 26.0 Å². The number of methoxy groups -OCH3 is 1. The van der Waals surface area contributed by atoms with Gasteiger partial charge in [-0.2, -0.15) is 0 Å². The molecule has 1 rings (SSSR count). The third kappa shape index (κ3) is 2.65. The topological polar surface area (TPSA) is 69.4 Å². The molecule has 0 aromatic heterocycles. The van der Waals surface area contributed by atoms with Crippen LogP contribution in [-0.2, 0) is 14.6 Å². The van der Waals surface area contributed by atoms with E-state index in [2.05, 4.69) is 0 Å². The zero-order valence-electron chi connectivity index (χ0n) is 7.90. The molecular weight excluding hydrogens is 190 g/mol. The Morgan fingerprint density at radius 2 is 2.08 bits per heavy atom. The first-order valence-electron chi connectivity index (χ1n) is 4.50. The highest BCUT2D eigenvalue weighted by Gasteiger charge is 2.37. The maximum atomic E-state index is 11.5. The Labute approximate surface area is 79.4 Å². The zero-order valence-corrected chi connectivity index (χ0v) is 8.72. The van der Waals surface area contributed by atoms with Gasteiger partial charge in [0.05, 0.1) is 17.6 Å². The first-order chi connectivity index (χ1) is 6.10. The highest BCUT2D eigenvalue weighted by molar-refractivity contribution is 7.92. The molecule has 1 aliphatic rings. The number of ether oxygens (including phenoxy) is 1. The van der Waals surface area contributed by atoms with Crippen LogP contribution < -0.4 is 5.73 Å². The van der Waals surface area contributed by atoms with Gasteiger partial charge in [-0.1, -0.05) is 0 Å². The van der Waals surface area contributed by atoms with E-state index in [9.17, 15) is 8.42 Å². The minimum atomic E-state index is -2.91. The van der Waals surface area contributed by atoms with Crippen LogP contribution in [0.4, 0.5) is 0 Å². The van der Waals surface area contributed by atoms with Crippen LogP contribution in [0.1, 0.15) is 12.8 Å². The molecule has 1 saturated carbocycles. The van der Waals surface area contributed by atoms with E-state index in [-0.39, 0.29) is 11.0 Å². The number of hydrogen-bond donors (Lipinski definition) is 1. The number of rotatable bonds is 5. The van der Waals surface area contributed by atoms with Gasteiger partial charge in [-0.15, -0.1) is 0 Å². The van der Waals surface area contributed by atoms with Crippen LogP contribution in [0.5, 0.6) is 0 Å². The average Bonchev–Trinajstić information content (AvgIpc) is 1.98. The van der Waals surface area contributed by atoms with Crippen LogP contribution in [-0.4, -0.2) is 39.7 Å². The van der Waals surface area contributed by atoms with Crippen molar-refractivity contribution >= 4 is 9.84 Å². The maximum Gasteiger partial charge on any atom is 0.155 e. The minimum absolute atomic E-state index is 0.144. The van der Waals surface area contributed by atoms with Crippen molar-refractivity contribution in [3.8, 4) is 0 Å². The van der Waals surface area contributed by atoms with Crippen LogP contribution >= 0.6 is 0 Å². The van der Waals surface area contributed by atoms with Gasteiger partial charge in [0, 0.05) is 7.11 Å². The summed E-state index contributed by atoms with van der Waals surface area (Å²) in [5.41, 5.74) is 5.42. The molecule has 2 N–H and O–H groups in total. The van der Waals surface area contributed by atoms with Crippen LogP contribution in [0.25, 0.3) is 0 Å². The van der Waals surface area contributed by atoms with Crippen molar-refractivity contribution in [1.29, 1.82) is 0 Å². The van der Waals surface area contributed by atoms with E-state index in [0.29, 0.717) is 19.1 Å². The summed E-state index contributed by atoms with van der Waals surface area (Å²) in [7, 11) is -1.40. The molecule has 4 nitrogen and oxygen atoms in total. The maximum absolute atomic E-state index is 11.5. The van der Waals surface area contributed by atoms with E-state index in [1.165, 1.54) is 7.11 Å². The van der Waals surface area contributed by atoms with Crippen molar-refractivity contribution in [3.63, 3.8) is 0 Å². The molecule has 0 radical (unpaired) electrons. The molecule has 0 amide bonds. The molecule has 0 saturated heterocycles. The van der Waals surface area contributed by atoms with Gasteiger partial charge >= 0.3 is 0 Å². The predicted octanol–water partition coefficient (Wildman–Crippen LogP) is -0.215. The van der Waals surface area contributed by atoms with E-state index in [1.54, 1.807) is 0 Å². The average molecular weight is 207 g/mol. The number of nitrogens with two attached hydrogens (primary N) is 1. The summed E-state index contributed by atoms with van der Waals surface area (Å²) in [6, 6.07) is 0. The molecule has 78 valence electrons. The van der Waals surface area contributed by atoms with E-state index in [1.807, 2.05) is 0 Å². The first kappa shape index (κ1) is 10.9. The van der Waals surface area contributed by atoms with Crippen LogP contribution in [0.15, 0.2) is 0 Å². The second kappa shape index (κ2) is 4.39. The van der Waals surface area contributed by atoms with Crippen LogP contribution in [0, 0.1) is 5.92 Å². The van der Waals surface area contributed by atoms with Crippen molar-refractivity contribution in [3.05, 3.63) is 0 Å². The molecule has 13 heavy (non-hydrogen) atoms. The lowest BCUT2D eigenvalue weighted by Crippen LogP contribution is -2.41. The summed E-state index contributed by atoms with van der Waals surface area (Å²) in [5.74, 6) is 0.563. The van der Waals surface area contributed by atoms with Gasteiger partial charge in [-0.05, 0) is 25.3 Å². The van der Waals surface area contributed by atoms with E-state index >= 15 is 0 Å². The highest BCUT2D eigenvalue weighted by Crippen LogP contribution is 2.32. The summed E-state index contributed by atoms with van der Waals surface area (Å²) in [4.78, 5) is 0. The summed E-state index contributed by atoms with van der Waals surface area (Å²) < 4.78 is 27.8. The number of hydrogen-bond acceptors (Lipinski definition) is 4. The van der Waals surface area contributed by atoms with Gasteiger partial charge in [-0.3, -0.25) is 0 Å². The molecule has 0 aromatic rings. The Kier molecular flexibility index (Phi) is 3.70. The van der Waals surface area contributed by atoms with Crippen molar-refractivity contribution in [2.24, 2.45) is 11.7 Å². The normalized spacial score (nSPS) is 28.5. The molecule has 0 heterocycles. The molecule has 1 aliphatic carbocycles. The largest absolute Gasteiger partial charge is 0.384 e. The van der Waals surface area contributed by atoms with Gasteiger partial charge in [0.1, 0.15) is 0 Å². The molecule has 0 unspecified atom stereocenters. The van der Waals surface area contributed by atoms with E-state index in [0.717, 1.165) is 12.8 Å². The third-order valence-electron chi connectivity index (χ3n) is 2.61. The van der Waals surface area contributed by atoms with Gasteiger partial charge in [0.2, 0.25) is 0 Å². The third-order valence-corrected chi connectivity index (χ3v) is 4.74. The monoisotopic (exact) mass is 207 g/mol. The smallest absolute Gasteiger partial charge is 0.155 e. The molecule has 0 aromatic carbocycles. The highest BCUT2D eigenvalue weighted by atomic mass is 32.2. The fraction of sp³-hybridized carbons (Fsp3) is 1.00. The molecule has 0 spiro atoms. The second-order valence-corrected chi connectivity index (χ2v) is 5.96. The molecule has 5 heteroatoms. The molecule has 0 bridgehead atoms. The molecular formula is C8H17NO3S. The minimum Gasteiger partial charge on any atom is -0.384 e. The SMILES string of the molecule is COCCS(=O)(=O)C1CC(CN)C1. The Morgan fingerprint density at radius 1 is 1.46 bits per heavy atom. The fourth-order valence-corrected chi connectivity index (χ4v) is 3.39. The van der Waals surface area contributed by atoms with Gasteiger partial charge in [-0.25, -0.2) is 8.42 Å². The summed E-state index contributed by atoms with van der Waals surface area (Å²) in [6.07, 6.45) is 1.48. The van der Waals surface area contributed by atoms with E-state index < -0.39 is 9.84 Å². The number of sulfone groups is 1. The quantitative estimate of drug-likeness (QED) is 0.677. The van der Waals surface area contributed by atoms with Crippen molar-refractivity contribution < 1.29 is 13.2 Å². The van der Waals surface area contributed by atoms with Crippen LogP contribution in [0.2, 0.25) is 0 Å². The Bertz CT molecular complexity index is 244. The van der Waals surface area contributed by atoms with Gasteiger partial charge in [0.25, 0.3) is 0 Å². The summed E-state index contributed by atoms with van der Waals surface area (Å²) in [5, 5.41) is -0.156. The molecule has 0 atom stereocenters. The summed E-state index contributed by atoms with van der Waals surface area (Å²) >= 11 is 0. The molecule has 1 fully saturated rings. The van der Waals surface area contributed by atoms with Gasteiger partial charge in [0.15, 0.2) is 9.84 Å². The fourth-order valence-electron chi connectivity index (χ4n) is 1.53. The lowest BCUT2D eigenvalue weighted by Gasteiger charge is -2.33. The first-order valence-corrected chi connectivity index (χ1v) is 6.22. The van der Waals surface area contributed by atoms with Gasteiger partial charge < -0.3 is 10.5 Å². The van der Waals surface area contributed by atoms with Crippen molar-refractivity contribution in [1.82, 2.24) is 0 Å². The van der Waals surface area contributed by atoms with Crippen LogP contribution in [0.3, 0.4) is 0 Å².